The highest BCUT2D eigenvalue weighted by Gasteiger charge is 2.48. The van der Waals surface area contributed by atoms with Crippen molar-refractivity contribution in [2.45, 2.75) is 6.92 Å². The lowest BCUT2D eigenvalue weighted by atomic mass is 9.99. The molecule has 1 unspecified atom stereocenters. The molecule has 0 saturated carbocycles. The molecule has 0 fully saturated rings. The third-order valence-corrected chi connectivity index (χ3v) is 9.38. The van der Waals surface area contributed by atoms with Crippen molar-refractivity contribution in [2.24, 2.45) is 0 Å². The fraction of sp³-hybridized carbons (Fsp3) is 0.0357. The first kappa shape index (κ1) is 19.8. The van der Waals surface area contributed by atoms with Crippen LogP contribution in [0.5, 0.6) is 11.5 Å². The van der Waals surface area contributed by atoms with Gasteiger partial charge in [-0.05, 0) is 48.9 Å². The number of rotatable bonds is 2. The largest absolute Gasteiger partial charge is 0.460 e. The number of pyridine rings is 1. The Bertz CT molecular complexity index is 1580. The van der Waals surface area contributed by atoms with Crippen LogP contribution in [0.3, 0.4) is 0 Å². The predicted molar refractivity (Wildman–Crippen MR) is 133 cm³/mol. The molecule has 3 heterocycles. The number of fused-ring (bicyclic) bond motifs is 6. The molecule has 160 valence electrons. The zero-order chi connectivity index (χ0) is 22.6. The normalized spacial score (nSPS) is 20.2. The molecule has 0 amide bonds. The van der Waals surface area contributed by atoms with E-state index in [1.807, 2.05) is 85.8 Å². The van der Waals surface area contributed by atoms with Crippen LogP contribution in [0, 0.1) is 0 Å². The maximum absolute atomic E-state index is 15.1. The summed E-state index contributed by atoms with van der Waals surface area (Å²) in [6.45, 7) is 5.94. The maximum Gasteiger partial charge on any atom is 0.185 e. The van der Waals surface area contributed by atoms with Crippen LogP contribution >= 0.6 is 7.14 Å². The zero-order valence-electron chi connectivity index (χ0n) is 18.0. The lowest BCUT2D eigenvalue weighted by molar-refractivity contribution is 0.400. The van der Waals surface area contributed by atoms with Gasteiger partial charge in [-0.2, -0.15) is 0 Å². The molecule has 33 heavy (non-hydrogen) atoms. The Labute approximate surface area is 191 Å². The number of para-hydroxylation sites is 3. The summed E-state index contributed by atoms with van der Waals surface area (Å²) < 4.78 is 27.8. The second kappa shape index (κ2) is 7.33. The van der Waals surface area contributed by atoms with Gasteiger partial charge >= 0.3 is 0 Å². The SMILES string of the molecule is C=C/C(=C1/Oc2ccccc2P2(=O)C1=C(C)Oc1ccccc12)c1ccnc2ccccc12. The van der Waals surface area contributed by atoms with E-state index in [0.29, 0.717) is 38.9 Å². The first-order valence-corrected chi connectivity index (χ1v) is 12.4. The molecule has 2 aliphatic rings. The molecule has 2 aliphatic heterocycles. The first-order valence-electron chi connectivity index (χ1n) is 10.7. The van der Waals surface area contributed by atoms with Crippen molar-refractivity contribution in [1.82, 2.24) is 4.98 Å². The van der Waals surface area contributed by atoms with Crippen LogP contribution in [0.4, 0.5) is 0 Å². The third-order valence-electron chi connectivity index (χ3n) is 6.14. The summed E-state index contributed by atoms with van der Waals surface area (Å²) >= 11 is 0. The second-order valence-corrected chi connectivity index (χ2v) is 10.6. The van der Waals surface area contributed by atoms with Crippen LogP contribution in [0.2, 0.25) is 0 Å². The third kappa shape index (κ3) is 2.78. The highest BCUT2D eigenvalue weighted by molar-refractivity contribution is 7.83. The van der Waals surface area contributed by atoms with Gasteiger partial charge in [0.1, 0.15) is 28.3 Å². The van der Waals surface area contributed by atoms with E-state index in [-0.39, 0.29) is 0 Å². The molecule has 0 spiro atoms. The molecule has 1 atom stereocenters. The van der Waals surface area contributed by atoms with Gasteiger partial charge in [-0.15, -0.1) is 0 Å². The second-order valence-electron chi connectivity index (χ2n) is 7.98. The number of aromatic nitrogens is 1. The molecule has 0 aliphatic carbocycles. The van der Waals surface area contributed by atoms with Gasteiger partial charge in [-0.25, -0.2) is 0 Å². The summed E-state index contributed by atoms with van der Waals surface area (Å²) in [6.07, 6.45) is 3.53. The van der Waals surface area contributed by atoms with Gasteiger partial charge in [0.15, 0.2) is 7.14 Å². The average molecular weight is 449 g/mol. The first-order chi connectivity index (χ1) is 16.1. The molecule has 0 N–H and O–H groups in total. The van der Waals surface area contributed by atoms with Crippen molar-refractivity contribution in [2.75, 3.05) is 0 Å². The molecule has 1 aromatic heterocycles. The fourth-order valence-electron chi connectivity index (χ4n) is 4.71. The molecule has 4 nitrogen and oxygen atoms in total. The summed E-state index contributed by atoms with van der Waals surface area (Å²) in [4.78, 5) is 4.49. The number of allylic oxidation sites excluding steroid dienone is 4. The molecule has 4 aromatic rings. The van der Waals surface area contributed by atoms with Crippen LogP contribution in [0.15, 0.2) is 115 Å². The number of benzene rings is 3. The number of hydrogen-bond donors (Lipinski definition) is 0. The standard InChI is InChI=1S/C28H20NO3P/c1-3-19(20-16-17-29-22-11-5-4-10-21(20)22)27-28-18(2)31-23-12-6-8-14-25(23)33(28,30)26-15-9-7-13-24(26)32-27/h3-17H,1H2,2H3/b27-19-. The summed E-state index contributed by atoms with van der Waals surface area (Å²) in [7, 11) is -3.25. The molecule has 6 rings (SSSR count). The lowest BCUT2D eigenvalue weighted by Gasteiger charge is -2.36. The summed E-state index contributed by atoms with van der Waals surface area (Å²) in [5.41, 5.74) is 2.53. The zero-order valence-corrected chi connectivity index (χ0v) is 18.9. The smallest absolute Gasteiger partial charge is 0.185 e. The average Bonchev–Trinajstić information content (AvgIpc) is 2.85. The summed E-state index contributed by atoms with van der Waals surface area (Å²) in [5.74, 6) is 2.28. The van der Waals surface area contributed by atoms with E-state index in [2.05, 4.69) is 11.6 Å². The molecule has 0 bridgehead atoms. The Morgan fingerprint density at radius 3 is 2.24 bits per heavy atom. The van der Waals surface area contributed by atoms with E-state index in [0.717, 1.165) is 22.0 Å². The molecule has 0 saturated heterocycles. The van der Waals surface area contributed by atoms with Crippen LogP contribution < -0.4 is 20.1 Å². The fourth-order valence-corrected chi connectivity index (χ4v) is 7.85. The number of hydrogen-bond acceptors (Lipinski definition) is 4. The van der Waals surface area contributed by atoms with Crippen molar-refractivity contribution in [3.8, 4) is 11.5 Å². The van der Waals surface area contributed by atoms with Crippen LogP contribution in [-0.2, 0) is 4.57 Å². The van der Waals surface area contributed by atoms with Gasteiger partial charge in [-0.3, -0.25) is 4.98 Å². The Morgan fingerprint density at radius 1 is 0.879 bits per heavy atom. The van der Waals surface area contributed by atoms with E-state index >= 15 is 4.57 Å². The van der Waals surface area contributed by atoms with Crippen LogP contribution in [-0.4, -0.2) is 4.98 Å². The molecular formula is C28H20NO3P. The highest BCUT2D eigenvalue weighted by Crippen LogP contribution is 2.64. The van der Waals surface area contributed by atoms with Crippen LogP contribution in [0.1, 0.15) is 12.5 Å². The Balaban J connectivity index is 1.74. The number of nitrogens with zero attached hydrogens (tertiary/aromatic N) is 1. The summed E-state index contributed by atoms with van der Waals surface area (Å²) in [5, 5.41) is 2.91. The lowest BCUT2D eigenvalue weighted by Crippen LogP contribution is -2.31. The maximum atomic E-state index is 15.1. The van der Waals surface area contributed by atoms with Crippen LogP contribution in [0.25, 0.3) is 16.5 Å². The van der Waals surface area contributed by atoms with E-state index in [9.17, 15) is 0 Å². The van der Waals surface area contributed by atoms with Gasteiger partial charge in [0, 0.05) is 17.2 Å². The monoisotopic (exact) mass is 449 g/mol. The van der Waals surface area contributed by atoms with E-state index in [1.165, 1.54) is 0 Å². The van der Waals surface area contributed by atoms with E-state index in [1.54, 1.807) is 12.3 Å². The van der Waals surface area contributed by atoms with Gasteiger partial charge in [0.05, 0.1) is 16.1 Å². The molecular weight excluding hydrogens is 429 g/mol. The summed E-state index contributed by atoms with van der Waals surface area (Å²) in [6, 6.07) is 24.9. The van der Waals surface area contributed by atoms with Gasteiger partial charge < -0.3 is 14.0 Å². The highest BCUT2D eigenvalue weighted by atomic mass is 31.2. The molecule has 0 radical (unpaired) electrons. The topological polar surface area (TPSA) is 48.4 Å². The van der Waals surface area contributed by atoms with E-state index in [4.69, 9.17) is 9.47 Å². The quantitative estimate of drug-likeness (QED) is 0.344. The minimum absolute atomic E-state index is 0.510. The Hall–Kier alpha value is -3.88. The van der Waals surface area contributed by atoms with Crippen molar-refractivity contribution < 1.29 is 14.0 Å². The Morgan fingerprint density at radius 2 is 1.52 bits per heavy atom. The van der Waals surface area contributed by atoms with Crippen molar-refractivity contribution >= 4 is 34.2 Å². The predicted octanol–water partition coefficient (Wildman–Crippen LogP) is 6.16. The molecule has 5 heteroatoms. The molecule has 3 aromatic carbocycles. The van der Waals surface area contributed by atoms with Crippen molar-refractivity contribution in [3.05, 3.63) is 120 Å². The number of ether oxygens (including phenoxy) is 2. The van der Waals surface area contributed by atoms with Crippen molar-refractivity contribution in [1.29, 1.82) is 0 Å². The Kier molecular flexibility index (Phi) is 4.39. The minimum Gasteiger partial charge on any atom is -0.460 e. The minimum atomic E-state index is -3.25. The van der Waals surface area contributed by atoms with E-state index < -0.39 is 7.14 Å². The van der Waals surface area contributed by atoms with Gasteiger partial charge in [0.2, 0.25) is 0 Å². The van der Waals surface area contributed by atoms with Gasteiger partial charge in [0.25, 0.3) is 0 Å². The van der Waals surface area contributed by atoms with Gasteiger partial charge in [-0.1, -0.05) is 55.1 Å². The van der Waals surface area contributed by atoms with Crippen molar-refractivity contribution in [3.63, 3.8) is 0 Å².